The largest absolute Gasteiger partial charge is 0.324 e. The number of nitrogens with two attached hydrogens (primary N) is 1. The maximum absolute atomic E-state index is 12.4. The van der Waals surface area contributed by atoms with Crippen LogP contribution in [0.2, 0.25) is 0 Å². The Bertz CT molecular complexity index is 547. The summed E-state index contributed by atoms with van der Waals surface area (Å²) in [5.41, 5.74) is 6.72. The summed E-state index contributed by atoms with van der Waals surface area (Å²) < 4.78 is 27.4. The van der Waals surface area contributed by atoms with Gasteiger partial charge in [-0.05, 0) is 31.4 Å². The summed E-state index contributed by atoms with van der Waals surface area (Å²) >= 11 is 0. The molecular weight excluding hydrogens is 272 g/mol. The van der Waals surface area contributed by atoms with E-state index >= 15 is 0 Å². The summed E-state index contributed by atoms with van der Waals surface area (Å²) in [6, 6.07) is 7.02. The molecule has 0 radical (unpaired) electrons. The Labute approximate surface area is 121 Å². The van der Waals surface area contributed by atoms with E-state index in [-0.39, 0.29) is 0 Å². The first-order valence-corrected chi connectivity index (χ1v) is 8.75. The first-order chi connectivity index (χ1) is 9.43. The second-order valence-corrected chi connectivity index (χ2v) is 7.60. The van der Waals surface area contributed by atoms with Crippen molar-refractivity contribution >= 4 is 10.0 Å². The van der Waals surface area contributed by atoms with E-state index in [0.29, 0.717) is 11.4 Å². The van der Waals surface area contributed by atoms with Gasteiger partial charge in [0.1, 0.15) is 0 Å². The summed E-state index contributed by atoms with van der Waals surface area (Å²) in [6.07, 6.45) is 6.35. The fraction of sp³-hybridized carbons (Fsp3) is 0.600. The van der Waals surface area contributed by atoms with Crippen LogP contribution >= 0.6 is 0 Å². The van der Waals surface area contributed by atoms with E-state index in [4.69, 9.17) is 5.73 Å². The minimum Gasteiger partial charge on any atom is -0.324 e. The lowest BCUT2D eigenvalue weighted by atomic mass is 9.92. The van der Waals surface area contributed by atoms with Crippen molar-refractivity contribution in [2.24, 2.45) is 5.73 Å². The topological polar surface area (TPSA) is 72.2 Å². The molecule has 1 saturated carbocycles. The molecule has 0 aliphatic heterocycles. The number of hydrogen-bond acceptors (Lipinski definition) is 3. The number of rotatable bonds is 4. The van der Waals surface area contributed by atoms with Crippen molar-refractivity contribution in [1.82, 2.24) is 4.72 Å². The SMILES string of the molecule is Cc1ccccc1S(=O)(=O)NCC1(N)CCCCCC1. The van der Waals surface area contributed by atoms with E-state index in [2.05, 4.69) is 4.72 Å². The molecule has 0 bridgehead atoms. The van der Waals surface area contributed by atoms with E-state index in [1.54, 1.807) is 25.1 Å². The van der Waals surface area contributed by atoms with Crippen LogP contribution in [0.25, 0.3) is 0 Å². The number of hydrogen-bond donors (Lipinski definition) is 2. The molecule has 0 heterocycles. The standard InChI is InChI=1S/C15H24N2O2S/c1-13-8-4-5-9-14(13)20(18,19)17-12-15(16)10-6-2-3-7-11-15/h4-5,8-9,17H,2-3,6-7,10-12,16H2,1H3. The van der Waals surface area contributed by atoms with Crippen molar-refractivity contribution in [2.75, 3.05) is 6.54 Å². The molecule has 0 atom stereocenters. The second-order valence-electron chi connectivity index (χ2n) is 5.87. The van der Waals surface area contributed by atoms with Gasteiger partial charge < -0.3 is 5.73 Å². The second kappa shape index (κ2) is 6.24. The Balaban J connectivity index is 2.07. The van der Waals surface area contributed by atoms with E-state index in [1.807, 2.05) is 6.07 Å². The monoisotopic (exact) mass is 296 g/mol. The summed E-state index contributed by atoms with van der Waals surface area (Å²) in [5, 5.41) is 0. The predicted molar refractivity (Wildman–Crippen MR) is 81.0 cm³/mol. The fourth-order valence-electron chi connectivity index (χ4n) is 2.78. The molecule has 1 aliphatic carbocycles. The molecule has 1 aromatic carbocycles. The fourth-order valence-corrected chi connectivity index (χ4v) is 4.17. The third-order valence-corrected chi connectivity index (χ3v) is 5.66. The van der Waals surface area contributed by atoms with Crippen molar-refractivity contribution < 1.29 is 8.42 Å². The lowest BCUT2D eigenvalue weighted by Gasteiger charge is -2.28. The molecule has 0 aromatic heterocycles. The van der Waals surface area contributed by atoms with Gasteiger partial charge in [-0.1, -0.05) is 43.9 Å². The molecule has 1 aliphatic rings. The summed E-state index contributed by atoms with van der Waals surface area (Å²) in [5.74, 6) is 0. The van der Waals surface area contributed by atoms with Gasteiger partial charge in [-0.2, -0.15) is 0 Å². The average molecular weight is 296 g/mol. The quantitative estimate of drug-likeness (QED) is 0.838. The zero-order chi connectivity index (χ0) is 14.6. The van der Waals surface area contributed by atoms with Gasteiger partial charge in [0.25, 0.3) is 0 Å². The zero-order valence-electron chi connectivity index (χ0n) is 12.1. The van der Waals surface area contributed by atoms with E-state index < -0.39 is 15.6 Å². The van der Waals surface area contributed by atoms with Gasteiger partial charge in [0.05, 0.1) is 4.90 Å². The zero-order valence-corrected chi connectivity index (χ0v) is 12.9. The molecule has 5 heteroatoms. The highest BCUT2D eigenvalue weighted by Crippen LogP contribution is 2.25. The van der Waals surface area contributed by atoms with Crippen LogP contribution in [0.4, 0.5) is 0 Å². The van der Waals surface area contributed by atoms with Crippen LogP contribution in [0.1, 0.15) is 44.1 Å². The minimum absolute atomic E-state index is 0.323. The highest BCUT2D eigenvalue weighted by Gasteiger charge is 2.28. The van der Waals surface area contributed by atoms with Crippen LogP contribution in [0.3, 0.4) is 0 Å². The summed E-state index contributed by atoms with van der Waals surface area (Å²) in [7, 11) is -3.47. The molecule has 3 N–H and O–H groups in total. The first kappa shape index (κ1) is 15.5. The van der Waals surface area contributed by atoms with Gasteiger partial charge >= 0.3 is 0 Å². The Morgan fingerprint density at radius 1 is 1.15 bits per heavy atom. The smallest absolute Gasteiger partial charge is 0.240 e. The Morgan fingerprint density at radius 3 is 2.35 bits per heavy atom. The van der Waals surface area contributed by atoms with Crippen molar-refractivity contribution in [3.8, 4) is 0 Å². The predicted octanol–water partition coefficient (Wildman–Crippen LogP) is 2.33. The molecule has 112 valence electrons. The van der Waals surface area contributed by atoms with Crippen molar-refractivity contribution in [3.05, 3.63) is 29.8 Å². The van der Waals surface area contributed by atoms with E-state index in [0.717, 1.165) is 31.2 Å². The normalized spacial score (nSPS) is 19.5. The van der Waals surface area contributed by atoms with Crippen LogP contribution in [0.5, 0.6) is 0 Å². The minimum atomic E-state index is -3.47. The highest BCUT2D eigenvalue weighted by atomic mass is 32.2. The van der Waals surface area contributed by atoms with Crippen LogP contribution in [0, 0.1) is 6.92 Å². The Kier molecular flexibility index (Phi) is 4.83. The van der Waals surface area contributed by atoms with Gasteiger partial charge in [0, 0.05) is 12.1 Å². The number of nitrogens with one attached hydrogen (secondary N) is 1. The van der Waals surface area contributed by atoms with Gasteiger partial charge in [-0.15, -0.1) is 0 Å². The van der Waals surface area contributed by atoms with Crippen molar-refractivity contribution in [1.29, 1.82) is 0 Å². The Hall–Kier alpha value is -0.910. The van der Waals surface area contributed by atoms with Gasteiger partial charge in [-0.3, -0.25) is 0 Å². The molecule has 20 heavy (non-hydrogen) atoms. The maximum Gasteiger partial charge on any atom is 0.240 e. The number of aryl methyl sites for hydroxylation is 1. The molecule has 2 rings (SSSR count). The van der Waals surface area contributed by atoms with E-state index in [1.165, 1.54) is 12.8 Å². The maximum atomic E-state index is 12.4. The molecule has 0 amide bonds. The summed E-state index contributed by atoms with van der Waals surface area (Å²) in [4.78, 5) is 0.345. The van der Waals surface area contributed by atoms with Gasteiger partial charge in [-0.25, -0.2) is 13.1 Å². The average Bonchev–Trinajstić information content (AvgIpc) is 2.63. The molecule has 4 nitrogen and oxygen atoms in total. The lowest BCUT2D eigenvalue weighted by Crippen LogP contribution is -2.49. The van der Waals surface area contributed by atoms with Gasteiger partial charge in [0.15, 0.2) is 0 Å². The first-order valence-electron chi connectivity index (χ1n) is 7.27. The molecule has 0 saturated heterocycles. The molecular formula is C15H24N2O2S. The van der Waals surface area contributed by atoms with E-state index in [9.17, 15) is 8.42 Å². The Morgan fingerprint density at radius 2 is 1.75 bits per heavy atom. The van der Waals surface area contributed by atoms with Crippen LogP contribution in [-0.2, 0) is 10.0 Å². The third kappa shape index (κ3) is 3.81. The number of sulfonamides is 1. The van der Waals surface area contributed by atoms with Crippen LogP contribution < -0.4 is 10.5 Å². The number of benzene rings is 1. The van der Waals surface area contributed by atoms with Gasteiger partial charge in [0.2, 0.25) is 10.0 Å². The molecule has 0 spiro atoms. The lowest BCUT2D eigenvalue weighted by molar-refractivity contribution is 0.369. The molecule has 1 fully saturated rings. The van der Waals surface area contributed by atoms with Crippen LogP contribution in [-0.4, -0.2) is 20.5 Å². The van der Waals surface area contributed by atoms with Crippen molar-refractivity contribution in [3.63, 3.8) is 0 Å². The third-order valence-electron chi connectivity index (χ3n) is 4.10. The summed E-state index contributed by atoms with van der Waals surface area (Å²) in [6.45, 7) is 2.13. The highest BCUT2D eigenvalue weighted by molar-refractivity contribution is 7.89. The molecule has 0 unspecified atom stereocenters. The van der Waals surface area contributed by atoms with Crippen LogP contribution in [0.15, 0.2) is 29.2 Å². The van der Waals surface area contributed by atoms with Crippen molar-refractivity contribution in [2.45, 2.75) is 55.9 Å². The molecule has 1 aromatic rings.